The van der Waals surface area contributed by atoms with Crippen LogP contribution in [-0.4, -0.2) is 20.5 Å². The summed E-state index contributed by atoms with van der Waals surface area (Å²) >= 11 is 3.16. The van der Waals surface area contributed by atoms with Crippen LogP contribution in [0.15, 0.2) is 62.0 Å². The van der Waals surface area contributed by atoms with E-state index >= 15 is 0 Å². The number of ether oxygens (including phenoxy) is 1. The van der Waals surface area contributed by atoms with Gasteiger partial charge in [-0.2, -0.15) is 0 Å². The third-order valence-electron chi connectivity index (χ3n) is 3.62. The first kappa shape index (κ1) is 18.8. The highest BCUT2D eigenvalue weighted by Crippen LogP contribution is 2.33. The Morgan fingerprint density at radius 1 is 1.12 bits per heavy atom. The van der Waals surface area contributed by atoms with Crippen molar-refractivity contribution in [1.82, 2.24) is 4.98 Å². The zero-order valence-electron chi connectivity index (χ0n) is 14.5. The van der Waals surface area contributed by atoms with Crippen LogP contribution in [-0.2, 0) is 10.0 Å². The Morgan fingerprint density at radius 3 is 2.42 bits per heavy atom. The molecular weight excluding hydrogens is 388 g/mol. The molecule has 0 spiro atoms. The van der Waals surface area contributed by atoms with Crippen molar-refractivity contribution in [3.63, 3.8) is 0 Å². The van der Waals surface area contributed by atoms with Gasteiger partial charge in [0, 0.05) is 16.0 Å². The molecule has 2 aromatic carbocycles. The van der Waals surface area contributed by atoms with Crippen molar-refractivity contribution in [3.8, 4) is 5.75 Å². The maximum atomic E-state index is 12.6. The predicted octanol–water partition coefficient (Wildman–Crippen LogP) is 4.72. The number of nitrogens with zero attached hydrogens (tertiary/aromatic N) is 1. The van der Waals surface area contributed by atoms with Crippen molar-refractivity contribution in [2.24, 2.45) is 0 Å². The van der Waals surface area contributed by atoms with E-state index in [0.29, 0.717) is 11.4 Å². The lowest BCUT2D eigenvalue weighted by Crippen LogP contribution is -2.13. The smallest absolute Gasteiger partial charge is 0.261 e. The van der Waals surface area contributed by atoms with Crippen molar-refractivity contribution >= 4 is 38.8 Å². The van der Waals surface area contributed by atoms with Crippen LogP contribution < -0.4 is 9.46 Å². The summed E-state index contributed by atoms with van der Waals surface area (Å²) in [5, 5.41) is 2.01. The first-order valence-corrected chi connectivity index (χ1v) is 10.9. The Morgan fingerprint density at radius 2 is 1.85 bits per heavy atom. The van der Waals surface area contributed by atoms with Crippen molar-refractivity contribution in [1.29, 1.82) is 0 Å². The van der Waals surface area contributed by atoms with E-state index in [0.717, 1.165) is 20.5 Å². The normalized spacial score (nSPS) is 11.3. The van der Waals surface area contributed by atoms with Gasteiger partial charge in [0.15, 0.2) is 4.34 Å². The van der Waals surface area contributed by atoms with E-state index in [2.05, 4.69) is 9.71 Å². The number of aryl methyl sites for hydroxylation is 2. The van der Waals surface area contributed by atoms with Crippen LogP contribution in [0.25, 0.3) is 0 Å². The first-order chi connectivity index (χ1) is 12.4. The number of hydrogen-bond donors (Lipinski definition) is 1. The summed E-state index contributed by atoms with van der Waals surface area (Å²) in [7, 11) is -2.11. The van der Waals surface area contributed by atoms with Gasteiger partial charge >= 0.3 is 0 Å². The number of nitrogens with one attached hydrogen (secondary N) is 1. The largest absolute Gasteiger partial charge is 0.497 e. The molecule has 0 bridgehead atoms. The molecule has 0 unspecified atom stereocenters. The molecule has 26 heavy (non-hydrogen) atoms. The topological polar surface area (TPSA) is 68.3 Å². The monoisotopic (exact) mass is 406 g/mol. The molecule has 0 saturated heterocycles. The summed E-state index contributed by atoms with van der Waals surface area (Å²) in [6, 6.07) is 11.9. The fourth-order valence-electron chi connectivity index (χ4n) is 2.25. The first-order valence-electron chi connectivity index (χ1n) is 7.75. The number of thiazole rings is 1. The average Bonchev–Trinajstić information content (AvgIpc) is 3.02. The zero-order valence-corrected chi connectivity index (χ0v) is 17.0. The molecule has 3 rings (SSSR count). The van der Waals surface area contributed by atoms with E-state index in [4.69, 9.17) is 4.74 Å². The van der Waals surface area contributed by atoms with Gasteiger partial charge in [0.2, 0.25) is 0 Å². The summed E-state index contributed by atoms with van der Waals surface area (Å²) in [5.41, 5.74) is 2.40. The molecule has 8 heteroatoms. The average molecular weight is 407 g/mol. The number of rotatable bonds is 6. The van der Waals surface area contributed by atoms with Crippen molar-refractivity contribution in [3.05, 3.63) is 59.1 Å². The third kappa shape index (κ3) is 4.38. The molecule has 3 aromatic rings. The highest BCUT2D eigenvalue weighted by Gasteiger charge is 2.15. The van der Waals surface area contributed by atoms with Crippen LogP contribution in [0.4, 0.5) is 5.69 Å². The molecule has 136 valence electrons. The second-order valence-corrected chi connectivity index (χ2v) is 9.48. The van der Waals surface area contributed by atoms with Gasteiger partial charge in [-0.3, -0.25) is 4.72 Å². The van der Waals surface area contributed by atoms with Gasteiger partial charge in [-0.15, -0.1) is 11.3 Å². The van der Waals surface area contributed by atoms with Crippen LogP contribution >= 0.6 is 23.1 Å². The molecule has 0 aliphatic heterocycles. The molecule has 0 fully saturated rings. The van der Waals surface area contributed by atoms with E-state index in [9.17, 15) is 8.42 Å². The highest BCUT2D eigenvalue weighted by atomic mass is 32.2. The van der Waals surface area contributed by atoms with Crippen LogP contribution in [0.5, 0.6) is 5.75 Å². The molecule has 0 saturated carbocycles. The second-order valence-electron chi connectivity index (χ2n) is 5.61. The second kappa shape index (κ2) is 7.69. The standard InChI is InChI=1S/C18H18N2O3S3/c1-12-10-15(25-18-19-13(2)11-24-18)6-9-17(12)20-26(21,22)16-7-4-14(23-3)5-8-16/h4-11,20H,1-3H3. The lowest BCUT2D eigenvalue weighted by molar-refractivity contribution is 0.414. The number of anilines is 1. The van der Waals surface area contributed by atoms with E-state index in [1.165, 1.54) is 19.2 Å². The minimum atomic E-state index is -3.65. The molecule has 1 N–H and O–H groups in total. The van der Waals surface area contributed by atoms with Gasteiger partial charge in [-0.1, -0.05) is 11.8 Å². The van der Waals surface area contributed by atoms with Crippen LogP contribution in [0.2, 0.25) is 0 Å². The van der Waals surface area contributed by atoms with Gasteiger partial charge in [0.25, 0.3) is 10.0 Å². The van der Waals surface area contributed by atoms with Crippen LogP contribution in [0.1, 0.15) is 11.3 Å². The number of methoxy groups -OCH3 is 1. The molecule has 5 nitrogen and oxygen atoms in total. The lowest BCUT2D eigenvalue weighted by Gasteiger charge is -2.12. The molecule has 1 heterocycles. The number of aromatic nitrogens is 1. The van der Waals surface area contributed by atoms with Gasteiger partial charge in [0.05, 0.1) is 17.7 Å². The van der Waals surface area contributed by atoms with Gasteiger partial charge in [-0.25, -0.2) is 13.4 Å². The van der Waals surface area contributed by atoms with E-state index in [1.807, 2.05) is 31.4 Å². The highest BCUT2D eigenvalue weighted by molar-refractivity contribution is 8.01. The van der Waals surface area contributed by atoms with Crippen LogP contribution in [0, 0.1) is 13.8 Å². The summed E-state index contributed by atoms with van der Waals surface area (Å²) in [4.78, 5) is 5.64. The van der Waals surface area contributed by atoms with Crippen molar-refractivity contribution in [2.45, 2.75) is 28.0 Å². The number of sulfonamides is 1. The summed E-state index contributed by atoms with van der Waals surface area (Å²) in [5.74, 6) is 0.610. The van der Waals surface area contributed by atoms with Crippen molar-refractivity contribution in [2.75, 3.05) is 11.8 Å². The predicted molar refractivity (Wildman–Crippen MR) is 106 cm³/mol. The Kier molecular flexibility index (Phi) is 5.55. The van der Waals surface area contributed by atoms with E-state index < -0.39 is 10.0 Å². The summed E-state index contributed by atoms with van der Waals surface area (Å²) in [6.07, 6.45) is 0. The van der Waals surface area contributed by atoms with E-state index in [1.54, 1.807) is 41.3 Å². The summed E-state index contributed by atoms with van der Waals surface area (Å²) < 4.78 is 33.8. The molecule has 0 amide bonds. The molecular formula is C18H18N2O3S3. The molecule has 0 radical (unpaired) electrons. The van der Waals surface area contributed by atoms with Gasteiger partial charge in [-0.05, 0) is 61.9 Å². The number of benzene rings is 2. The molecule has 0 aliphatic rings. The minimum Gasteiger partial charge on any atom is -0.497 e. The number of hydrogen-bond acceptors (Lipinski definition) is 6. The Hall–Kier alpha value is -2.03. The van der Waals surface area contributed by atoms with Crippen LogP contribution in [0.3, 0.4) is 0 Å². The molecule has 1 aromatic heterocycles. The van der Waals surface area contributed by atoms with Gasteiger partial charge in [0.1, 0.15) is 5.75 Å². The quantitative estimate of drug-likeness (QED) is 0.641. The molecule has 0 aliphatic carbocycles. The van der Waals surface area contributed by atoms with Crippen molar-refractivity contribution < 1.29 is 13.2 Å². The lowest BCUT2D eigenvalue weighted by atomic mass is 10.2. The minimum absolute atomic E-state index is 0.189. The third-order valence-corrected chi connectivity index (χ3v) is 7.04. The summed E-state index contributed by atoms with van der Waals surface area (Å²) in [6.45, 7) is 3.84. The van der Waals surface area contributed by atoms with E-state index in [-0.39, 0.29) is 4.90 Å². The molecule has 0 atom stereocenters. The zero-order chi connectivity index (χ0) is 18.7. The Labute approximate surface area is 161 Å². The maximum Gasteiger partial charge on any atom is 0.261 e. The maximum absolute atomic E-state index is 12.6. The Balaban J connectivity index is 1.78. The van der Waals surface area contributed by atoms with Gasteiger partial charge < -0.3 is 4.74 Å². The SMILES string of the molecule is COc1ccc(S(=O)(=O)Nc2ccc(Sc3nc(C)cs3)cc2C)cc1. The fourth-order valence-corrected chi connectivity index (χ4v) is 5.29. The fraction of sp³-hybridized carbons (Fsp3) is 0.167. The Bertz CT molecular complexity index is 1010.